The number of nitrogens with one attached hydrogen (secondary N) is 2. The first-order valence-corrected chi connectivity index (χ1v) is 7.20. The molecule has 0 saturated carbocycles. The molecule has 0 aliphatic heterocycles. The number of hydrogen-bond acceptors (Lipinski definition) is 5. The van der Waals surface area contributed by atoms with Gasteiger partial charge in [0.2, 0.25) is 0 Å². The molecule has 0 spiro atoms. The third kappa shape index (κ3) is 4.26. The van der Waals surface area contributed by atoms with Gasteiger partial charge in [-0.15, -0.1) is 0 Å². The van der Waals surface area contributed by atoms with E-state index in [4.69, 9.17) is 10.9 Å². The molecular formula is C12H13BrF3N5O2. The monoisotopic (exact) mass is 395 g/mol. The van der Waals surface area contributed by atoms with Gasteiger partial charge in [-0.3, -0.25) is 14.4 Å². The Balaban J connectivity index is 2.42. The van der Waals surface area contributed by atoms with E-state index in [0.717, 1.165) is 0 Å². The van der Waals surface area contributed by atoms with Gasteiger partial charge in [-0.1, -0.05) is 0 Å². The zero-order chi connectivity index (χ0) is 17.2. The summed E-state index contributed by atoms with van der Waals surface area (Å²) >= 11 is 3.22. The summed E-state index contributed by atoms with van der Waals surface area (Å²) in [5.74, 6) is -0.652. The second-order valence-corrected chi connectivity index (χ2v) is 5.63. The predicted octanol–water partition coefficient (Wildman–Crippen LogP) is 2.09. The first-order valence-electron chi connectivity index (χ1n) is 6.41. The SMILES string of the molecule is Nc1cc(Br)cn2c(CCC(F)(F)F)c(NCC(=O)NO)nc12. The van der Waals surface area contributed by atoms with Crippen LogP contribution in [0.2, 0.25) is 0 Å². The second kappa shape index (κ2) is 6.62. The van der Waals surface area contributed by atoms with Crippen LogP contribution in [-0.4, -0.2) is 33.2 Å². The van der Waals surface area contributed by atoms with Crippen LogP contribution in [0.15, 0.2) is 16.7 Å². The number of carbonyl (C=O) groups excluding carboxylic acids is 1. The predicted molar refractivity (Wildman–Crippen MR) is 80.1 cm³/mol. The lowest BCUT2D eigenvalue weighted by atomic mass is 10.2. The van der Waals surface area contributed by atoms with Crippen molar-refractivity contribution in [1.29, 1.82) is 0 Å². The van der Waals surface area contributed by atoms with Crippen LogP contribution in [0.5, 0.6) is 0 Å². The normalized spacial score (nSPS) is 11.7. The molecule has 0 atom stereocenters. The lowest BCUT2D eigenvalue weighted by Gasteiger charge is -2.09. The summed E-state index contributed by atoms with van der Waals surface area (Å²) in [5, 5.41) is 11.1. The summed E-state index contributed by atoms with van der Waals surface area (Å²) in [6.45, 7) is -0.347. The van der Waals surface area contributed by atoms with Crippen LogP contribution >= 0.6 is 15.9 Å². The van der Waals surface area contributed by atoms with Gasteiger partial charge in [-0.2, -0.15) is 13.2 Å². The van der Waals surface area contributed by atoms with E-state index >= 15 is 0 Å². The molecule has 0 aliphatic rings. The van der Waals surface area contributed by atoms with Gasteiger partial charge in [0, 0.05) is 23.5 Å². The van der Waals surface area contributed by atoms with E-state index in [1.165, 1.54) is 9.88 Å². The smallest absolute Gasteiger partial charge is 0.389 e. The highest BCUT2D eigenvalue weighted by Crippen LogP contribution is 2.29. The number of rotatable bonds is 5. The summed E-state index contributed by atoms with van der Waals surface area (Å²) in [6.07, 6.45) is -4.18. The lowest BCUT2D eigenvalue weighted by Crippen LogP contribution is -2.27. The van der Waals surface area contributed by atoms with Crippen molar-refractivity contribution in [2.24, 2.45) is 0 Å². The minimum atomic E-state index is -4.33. The van der Waals surface area contributed by atoms with Crippen LogP contribution in [-0.2, 0) is 11.2 Å². The molecule has 2 aromatic rings. The average molecular weight is 396 g/mol. The molecule has 11 heteroatoms. The van der Waals surface area contributed by atoms with Crippen molar-refractivity contribution in [2.45, 2.75) is 19.0 Å². The number of nitrogens with zero attached hydrogens (tertiary/aromatic N) is 2. The third-order valence-corrected chi connectivity index (χ3v) is 3.43. The Morgan fingerprint density at radius 2 is 2.17 bits per heavy atom. The van der Waals surface area contributed by atoms with Crippen LogP contribution in [0.25, 0.3) is 5.65 Å². The van der Waals surface area contributed by atoms with E-state index < -0.39 is 18.5 Å². The van der Waals surface area contributed by atoms with Crippen molar-refractivity contribution in [2.75, 3.05) is 17.6 Å². The number of carbonyl (C=O) groups is 1. The molecule has 0 aliphatic carbocycles. The van der Waals surface area contributed by atoms with E-state index in [2.05, 4.69) is 26.2 Å². The molecule has 2 rings (SSSR count). The van der Waals surface area contributed by atoms with Gasteiger partial charge in [0.05, 0.1) is 17.9 Å². The van der Waals surface area contributed by atoms with Crippen molar-refractivity contribution in [3.8, 4) is 0 Å². The molecule has 0 unspecified atom stereocenters. The maximum atomic E-state index is 12.5. The number of halogens is 4. The summed E-state index contributed by atoms with van der Waals surface area (Å²) < 4.78 is 39.6. The van der Waals surface area contributed by atoms with Crippen LogP contribution in [0.4, 0.5) is 24.7 Å². The number of imidazole rings is 1. The van der Waals surface area contributed by atoms with Crippen molar-refractivity contribution >= 4 is 39.0 Å². The number of amides is 1. The van der Waals surface area contributed by atoms with Gasteiger partial charge in [0.1, 0.15) is 5.82 Å². The number of fused-ring (bicyclic) bond motifs is 1. The fourth-order valence-electron chi connectivity index (χ4n) is 2.03. The number of pyridine rings is 1. The molecule has 23 heavy (non-hydrogen) atoms. The number of alkyl halides is 3. The van der Waals surface area contributed by atoms with Gasteiger partial charge in [-0.05, 0) is 22.0 Å². The molecule has 0 fully saturated rings. The summed E-state index contributed by atoms with van der Waals surface area (Å²) in [6, 6.07) is 1.57. The molecular weight excluding hydrogens is 383 g/mol. The highest BCUT2D eigenvalue weighted by atomic mass is 79.9. The molecule has 7 nitrogen and oxygen atoms in total. The van der Waals surface area contributed by atoms with Crippen molar-refractivity contribution in [3.63, 3.8) is 0 Å². The number of aromatic nitrogens is 2. The molecule has 0 radical (unpaired) electrons. The fourth-order valence-corrected chi connectivity index (χ4v) is 2.48. The summed E-state index contributed by atoms with van der Waals surface area (Å²) in [7, 11) is 0. The second-order valence-electron chi connectivity index (χ2n) is 4.72. The van der Waals surface area contributed by atoms with Crippen molar-refractivity contribution in [3.05, 3.63) is 22.4 Å². The number of anilines is 2. The molecule has 2 heterocycles. The molecule has 126 valence electrons. The van der Waals surface area contributed by atoms with Gasteiger partial charge < -0.3 is 11.1 Å². The van der Waals surface area contributed by atoms with Gasteiger partial charge in [-0.25, -0.2) is 10.5 Å². The molecule has 2 aromatic heterocycles. The lowest BCUT2D eigenvalue weighted by molar-refractivity contribution is -0.134. The summed E-state index contributed by atoms with van der Waals surface area (Å²) in [5.41, 5.74) is 8.02. The molecule has 0 aromatic carbocycles. The Morgan fingerprint density at radius 3 is 2.78 bits per heavy atom. The molecule has 0 saturated heterocycles. The van der Waals surface area contributed by atoms with Gasteiger partial charge in [0.15, 0.2) is 5.65 Å². The van der Waals surface area contributed by atoms with Crippen LogP contribution in [0.3, 0.4) is 0 Å². The number of nitrogen functional groups attached to an aromatic ring is 1. The Bertz CT molecular complexity index is 732. The third-order valence-electron chi connectivity index (χ3n) is 3.00. The number of hydroxylamine groups is 1. The topological polar surface area (TPSA) is 105 Å². The Morgan fingerprint density at radius 1 is 1.48 bits per heavy atom. The Labute approximate surface area is 136 Å². The minimum absolute atomic E-state index is 0.0997. The van der Waals surface area contributed by atoms with E-state index in [9.17, 15) is 18.0 Å². The van der Waals surface area contributed by atoms with Gasteiger partial charge in [0.25, 0.3) is 5.91 Å². The maximum absolute atomic E-state index is 12.5. The van der Waals surface area contributed by atoms with E-state index in [1.54, 1.807) is 12.3 Å². The van der Waals surface area contributed by atoms with Crippen molar-refractivity contribution in [1.82, 2.24) is 14.9 Å². The highest BCUT2D eigenvalue weighted by molar-refractivity contribution is 9.10. The average Bonchev–Trinajstić information content (AvgIpc) is 2.79. The summed E-state index contributed by atoms with van der Waals surface area (Å²) in [4.78, 5) is 15.2. The minimum Gasteiger partial charge on any atom is -0.396 e. The van der Waals surface area contributed by atoms with E-state index in [-0.39, 0.29) is 35.8 Å². The Kier molecular flexibility index (Phi) is 5.00. The van der Waals surface area contributed by atoms with Crippen molar-refractivity contribution < 1.29 is 23.2 Å². The van der Waals surface area contributed by atoms with Crippen LogP contribution in [0.1, 0.15) is 12.1 Å². The number of nitrogens with two attached hydrogens (primary N) is 1. The largest absolute Gasteiger partial charge is 0.396 e. The quantitative estimate of drug-likeness (QED) is 0.458. The molecule has 0 bridgehead atoms. The van der Waals surface area contributed by atoms with E-state index in [1.807, 2.05) is 0 Å². The zero-order valence-electron chi connectivity index (χ0n) is 11.6. The fraction of sp³-hybridized carbons (Fsp3) is 0.333. The first-order chi connectivity index (χ1) is 10.7. The standard InChI is InChI=1S/C12H13BrF3N5O2/c13-6-3-7(17)11-19-10(18-4-9(22)20-23)8(21(11)5-6)1-2-12(14,15)16/h3,5,18,23H,1-2,4,17H2,(H,20,22). The number of aryl methyl sites for hydroxylation is 1. The highest BCUT2D eigenvalue weighted by Gasteiger charge is 2.28. The zero-order valence-corrected chi connectivity index (χ0v) is 13.2. The van der Waals surface area contributed by atoms with E-state index in [0.29, 0.717) is 4.47 Å². The van der Waals surface area contributed by atoms with Gasteiger partial charge >= 0.3 is 6.18 Å². The van der Waals surface area contributed by atoms with Crippen LogP contribution in [0, 0.1) is 0 Å². The first kappa shape index (κ1) is 17.3. The maximum Gasteiger partial charge on any atom is 0.389 e. The molecule has 1 amide bonds. The Hall–Kier alpha value is -2.01. The number of hydrogen-bond donors (Lipinski definition) is 4. The molecule has 5 N–H and O–H groups in total. The van der Waals surface area contributed by atoms with Crippen LogP contribution < -0.4 is 16.5 Å².